The van der Waals surface area contributed by atoms with Crippen LogP contribution in [0.1, 0.15) is 23.1 Å². The predicted molar refractivity (Wildman–Crippen MR) is 132 cm³/mol. The SMILES string of the molecule is CCn1c(CCNC(=O)c2ccc(OC)cc2)nnc1SCC(=O)Nc1cc(Cl)ccc1OC. The molecule has 9 nitrogen and oxygen atoms in total. The van der Waals surface area contributed by atoms with Gasteiger partial charge in [0.05, 0.1) is 25.7 Å². The second-order valence-electron chi connectivity index (χ2n) is 7.06. The molecule has 3 aromatic rings. The van der Waals surface area contributed by atoms with Crippen LogP contribution < -0.4 is 20.1 Å². The molecule has 2 amide bonds. The highest BCUT2D eigenvalue weighted by Gasteiger charge is 2.15. The molecule has 2 N–H and O–H groups in total. The number of nitrogens with zero attached hydrogens (tertiary/aromatic N) is 3. The number of ether oxygens (including phenoxy) is 2. The number of halogens is 1. The number of carbonyl (C=O) groups excluding carboxylic acids is 2. The number of rotatable bonds is 11. The van der Waals surface area contributed by atoms with Crippen molar-refractivity contribution < 1.29 is 19.1 Å². The third kappa shape index (κ3) is 6.64. The molecule has 0 fully saturated rings. The molecule has 180 valence electrons. The van der Waals surface area contributed by atoms with Gasteiger partial charge in [-0.25, -0.2) is 0 Å². The molecule has 0 aliphatic carbocycles. The van der Waals surface area contributed by atoms with E-state index in [1.807, 2.05) is 11.5 Å². The van der Waals surface area contributed by atoms with Gasteiger partial charge < -0.3 is 24.7 Å². The maximum Gasteiger partial charge on any atom is 0.251 e. The van der Waals surface area contributed by atoms with Gasteiger partial charge in [0, 0.05) is 30.1 Å². The minimum Gasteiger partial charge on any atom is -0.497 e. The van der Waals surface area contributed by atoms with E-state index >= 15 is 0 Å². The number of amides is 2. The Hall–Kier alpha value is -3.24. The van der Waals surface area contributed by atoms with Gasteiger partial charge in [0.1, 0.15) is 17.3 Å². The lowest BCUT2D eigenvalue weighted by molar-refractivity contribution is -0.113. The molecule has 0 unspecified atom stereocenters. The topological polar surface area (TPSA) is 107 Å². The van der Waals surface area contributed by atoms with E-state index in [2.05, 4.69) is 20.8 Å². The first-order chi connectivity index (χ1) is 16.4. The Kier molecular flexibility index (Phi) is 9.17. The van der Waals surface area contributed by atoms with E-state index in [1.54, 1.807) is 49.6 Å². The molecule has 0 aliphatic rings. The first-order valence-corrected chi connectivity index (χ1v) is 11.9. The highest BCUT2D eigenvalue weighted by atomic mass is 35.5. The zero-order chi connectivity index (χ0) is 24.5. The van der Waals surface area contributed by atoms with E-state index in [1.165, 1.54) is 18.9 Å². The van der Waals surface area contributed by atoms with Crippen LogP contribution in [0.15, 0.2) is 47.6 Å². The van der Waals surface area contributed by atoms with Gasteiger partial charge >= 0.3 is 0 Å². The quantitative estimate of drug-likeness (QED) is 0.384. The fourth-order valence-electron chi connectivity index (χ4n) is 3.15. The smallest absolute Gasteiger partial charge is 0.251 e. The van der Waals surface area contributed by atoms with Crippen LogP contribution in [0, 0.1) is 0 Å². The van der Waals surface area contributed by atoms with Crippen molar-refractivity contribution in [2.75, 3.05) is 31.8 Å². The molecule has 0 saturated heterocycles. The molecule has 2 aromatic carbocycles. The summed E-state index contributed by atoms with van der Waals surface area (Å²) in [5, 5.41) is 15.3. The normalized spacial score (nSPS) is 10.6. The molecule has 0 saturated carbocycles. The van der Waals surface area contributed by atoms with Crippen molar-refractivity contribution in [3.05, 3.63) is 58.9 Å². The predicted octanol–water partition coefficient (Wildman–Crippen LogP) is 3.67. The van der Waals surface area contributed by atoms with Crippen LogP contribution in [-0.2, 0) is 17.8 Å². The second kappa shape index (κ2) is 12.3. The summed E-state index contributed by atoms with van der Waals surface area (Å²) in [6.07, 6.45) is 0.509. The lowest BCUT2D eigenvalue weighted by Crippen LogP contribution is -2.26. The Balaban J connectivity index is 1.53. The fraction of sp³-hybridized carbons (Fsp3) is 0.304. The van der Waals surface area contributed by atoms with Gasteiger partial charge in [-0.1, -0.05) is 23.4 Å². The monoisotopic (exact) mass is 503 g/mol. The molecule has 0 spiro atoms. The molecule has 11 heteroatoms. The van der Waals surface area contributed by atoms with Crippen LogP contribution in [0.2, 0.25) is 5.02 Å². The summed E-state index contributed by atoms with van der Waals surface area (Å²) in [7, 11) is 3.10. The number of carbonyl (C=O) groups is 2. The highest BCUT2D eigenvalue weighted by molar-refractivity contribution is 7.99. The fourth-order valence-corrected chi connectivity index (χ4v) is 4.15. The van der Waals surface area contributed by atoms with Gasteiger partial charge in [-0.15, -0.1) is 10.2 Å². The van der Waals surface area contributed by atoms with Crippen molar-refractivity contribution in [2.24, 2.45) is 0 Å². The third-order valence-corrected chi connectivity index (χ3v) is 6.07. The van der Waals surface area contributed by atoms with Crippen LogP contribution >= 0.6 is 23.4 Å². The van der Waals surface area contributed by atoms with Gasteiger partial charge in [-0.05, 0) is 49.4 Å². The van der Waals surface area contributed by atoms with Crippen LogP contribution in [0.5, 0.6) is 11.5 Å². The molecule has 0 atom stereocenters. The van der Waals surface area contributed by atoms with E-state index in [9.17, 15) is 9.59 Å². The molecule has 0 bridgehead atoms. The van der Waals surface area contributed by atoms with Crippen molar-refractivity contribution in [2.45, 2.75) is 25.0 Å². The molecular formula is C23H26ClN5O4S. The summed E-state index contributed by atoms with van der Waals surface area (Å²) in [6.45, 7) is 3.02. The maximum atomic E-state index is 12.5. The lowest BCUT2D eigenvalue weighted by Gasteiger charge is -2.11. The number of benzene rings is 2. The Labute approximate surface area is 207 Å². The number of methoxy groups -OCH3 is 2. The number of anilines is 1. The zero-order valence-electron chi connectivity index (χ0n) is 19.1. The largest absolute Gasteiger partial charge is 0.497 e. The first-order valence-electron chi connectivity index (χ1n) is 10.6. The van der Waals surface area contributed by atoms with Gasteiger partial charge in [0.15, 0.2) is 5.16 Å². The Morgan fingerprint density at radius 3 is 2.53 bits per heavy atom. The minimum absolute atomic E-state index is 0.141. The van der Waals surface area contributed by atoms with E-state index in [0.717, 1.165) is 5.82 Å². The van der Waals surface area contributed by atoms with Gasteiger partial charge in [0.25, 0.3) is 5.91 Å². The van der Waals surface area contributed by atoms with Crippen LogP contribution in [-0.4, -0.2) is 53.1 Å². The number of hydrogen-bond donors (Lipinski definition) is 2. The van der Waals surface area contributed by atoms with Gasteiger partial charge in [0.2, 0.25) is 5.91 Å². The third-order valence-electron chi connectivity index (χ3n) is 4.86. The first kappa shape index (κ1) is 25.4. The summed E-state index contributed by atoms with van der Waals surface area (Å²) >= 11 is 7.30. The van der Waals surface area contributed by atoms with E-state index in [-0.39, 0.29) is 17.6 Å². The maximum absolute atomic E-state index is 12.5. The lowest BCUT2D eigenvalue weighted by atomic mass is 10.2. The Morgan fingerprint density at radius 1 is 1.09 bits per heavy atom. The highest BCUT2D eigenvalue weighted by Crippen LogP contribution is 2.28. The summed E-state index contributed by atoms with van der Waals surface area (Å²) in [6, 6.07) is 11.9. The van der Waals surface area contributed by atoms with Crippen molar-refractivity contribution in [3.8, 4) is 11.5 Å². The molecule has 3 rings (SSSR count). The molecule has 1 aromatic heterocycles. The average Bonchev–Trinajstić information content (AvgIpc) is 3.24. The van der Waals surface area contributed by atoms with Gasteiger partial charge in [-0.2, -0.15) is 0 Å². The van der Waals surface area contributed by atoms with Crippen LogP contribution in [0.4, 0.5) is 5.69 Å². The zero-order valence-corrected chi connectivity index (χ0v) is 20.7. The van der Waals surface area contributed by atoms with Crippen LogP contribution in [0.25, 0.3) is 0 Å². The van der Waals surface area contributed by atoms with E-state index in [0.29, 0.717) is 52.4 Å². The van der Waals surface area contributed by atoms with Crippen molar-refractivity contribution in [3.63, 3.8) is 0 Å². The molecule has 0 aliphatic heterocycles. The number of nitrogens with one attached hydrogen (secondary N) is 2. The Bertz CT molecular complexity index is 1140. The second-order valence-corrected chi connectivity index (χ2v) is 8.44. The van der Waals surface area contributed by atoms with E-state index < -0.39 is 0 Å². The average molecular weight is 504 g/mol. The number of thioether (sulfide) groups is 1. The van der Waals surface area contributed by atoms with Crippen molar-refractivity contribution in [1.29, 1.82) is 0 Å². The van der Waals surface area contributed by atoms with Gasteiger partial charge in [-0.3, -0.25) is 9.59 Å². The summed E-state index contributed by atoms with van der Waals surface area (Å²) in [4.78, 5) is 24.8. The molecule has 0 radical (unpaired) electrons. The van der Waals surface area contributed by atoms with Crippen molar-refractivity contribution in [1.82, 2.24) is 20.1 Å². The van der Waals surface area contributed by atoms with Crippen molar-refractivity contribution >= 4 is 40.9 Å². The minimum atomic E-state index is -0.218. The standard InChI is InChI=1S/C23H26ClN5O4S/c1-4-29-20(11-12-25-22(31)15-5-8-17(32-2)9-6-15)27-28-23(29)34-14-21(30)26-18-13-16(24)7-10-19(18)33-3/h5-10,13H,4,11-12,14H2,1-3H3,(H,25,31)(H,26,30). The summed E-state index contributed by atoms with van der Waals surface area (Å²) in [5.41, 5.74) is 1.06. The number of hydrogen-bond acceptors (Lipinski definition) is 7. The number of aromatic nitrogens is 3. The summed E-state index contributed by atoms with van der Waals surface area (Å²) < 4.78 is 12.3. The van der Waals surface area contributed by atoms with E-state index in [4.69, 9.17) is 21.1 Å². The molecular weight excluding hydrogens is 478 g/mol. The molecule has 1 heterocycles. The molecule has 34 heavy (non-hydrogen) atoms. The summed E-state index contributed by atoms with van der Waals surface area (Å²) in [5.74, 6) is 1.70. The Morgan fingerprint density at radius 2 is 1.85 bits per heavy atom. The van der Waals surface area contributed by atoms with Crippen LogP contribution in [0.3, 0.4) is 0 Å².